The van der Waals surface area contributed by atoms with Gasteiger partial charge in [0, 0.05) is 32.0 Å². The Morgan fingerprint density at radius 3 is 2.79 bits per heavy atom. The molecule has 6 nitrogen and oxygen atoms in total. The van der Waals surface area contributed by atoms with Crippen molar-refractivity contribution < 1.29 is 9.90 Å². The van der Waals surface area contributed by atoms with Crippen molar-refractivity contribution in [2.45, 2.75) is 39.5 Å². The van der Waals surface area contributed by atoms with Crippen LogP contribution in [0.3, 0.4) is 0 Å². The van der Waals surface area contributed by atoms with Gasteiger partial charge in [0.25, 0.3) is 0 Å². The molecule has 3 N–H and O–H groups in total. The number of amides is 2. The zero-order chi connectivity index (χ0) is 17.4. The third-order valence-electron chi connectivity index (χ3n) is 3.72. The predicted octanol–water partition coefficient (Wildman–Crippen LogP) is 2.14. The molecule has 0 saturated heterocycles. The number of hydrogen-bond acceptors (Lipinski definition) is 3. The lowest BCUT2D eigenvalue weighted by Gasteiger charge is -2.14. The molecule has 1 heterocycles. The molecular weight excluding hydrogens is 304 g/mol. The second kappa shape index (κ2) is 9.08. The average Bonchev–Trinajstić information content (AvgIpc) is 3.03. The van der Waals surface area contributed by atoms with Crippen LogP contribution in [0.2, 0.25) is 0 Å². The molecule has 2 aromatic rings. The van der Waals surface area contributed by atoms with E-state index in [1.165, 1.54) is 5.56 Å². The molecule has 24 heavy (non-hydrogen) atoms. The molecule has 0 bridgehead atoms. The van der Waals surface area contributed by atoms with E-state index in [4.69, 9.17) is 0 Å². The van der Waals surface area contributed by atoms with Gasteiger partial charge in [-0.1, -0.05) is 31.2 Å². The lowest BCUT2D eigenvalue weighted by molar-refractivity contribution is 0.163. The van der Waals surface area contributed by atoms with Gasteiger partial charge >= 0.3 is 6.03 Å². The molecule has 2 atom stereocenters. The summed E-state index contributed by atoms with van der Waals surface area (Å²) in [4.78, 5) is 15.9. The van der Waals surface area contributed by atoms with Crippen LogP contribution in [0.15, 0.2) is 43.0 Å². The normalized spacial score (nSPS) is 13.3. The van der Waals surface area contributed by atoms with Crippen LogP contribution in [-0.4, -0.2) is 33.3 Å². The molecule has 0 aliphatic heterocycles. The molecule has 130 valence electrons. The largest absolute Gasteiger partial charge is 0.393 e. The minimum Gasteiger partial charge on any atom is -0.393 e. The second-order valence-corrected chi connectivity index (χ2v) is 6.31. The fraction of sp³-hybridized carbons (Fsp3) is 0.444. The van der Waals surface area contributed by atoms with Crippen molar-refractivity contribution in [2.24, 2.45) is 5.92 Å². The quantitative estimate of drug-likeness (QED) is 0.694. The van der Waals surface area contributed by atoms with E-state index in [2.05, 4.69) is 27.8 Å². The molecule has 0 radical (unpaired) electrons. The van der Waals surface area contributed by atoms with Gasteiger partial charge in [-0.3, -0.25) is 0 Å². The van der Waals surface area contributed by atoms with Gasteiger partial charge in [0.05, 0.1) is 12.4 Å². The van der Waals surface area contributed by atoms with Crippen LogP contribution in [0.1, 0.15) is 31.4 Å². The number of imidazole rings is 1. The number of aliphatic hydroxyl groups is 1. The van der Waals surface area contributed by atoms with E-state index >= 15 is 0 Å². The van der Waals surface area contributed by atoms with Crippen molar-refractivity contribution in [3.8, 4) is 0 Å². The standard InChI is InChI=1S/C18H26N4O2/c1-14(8-15(2)23)10-20-18(24)21-11-16-4-3-5-17(9-16)12-22-7-6-19-13-22/h3-7,9,13-15,23H,8,10-12H2,1-2H3,(H2,20,21,24). The van der Waals surface area contributed by atoms with E-state index in [1.54, 1.807) is 19.4 Å². The van der Waals surface area contributed by atoms with E-state index in [0.29, 0.717) is 19.5 Å². The highest BCUT2D eigenvalue weighted by Gasteiger charge is 2.08. The number of aliphatic hydroxyl groups excluding tert-OH is 1. The summed E-state index contributed by atoms with van der Waals surface area (Å²) in [6.45, 7) is 5.56. The topological polar surface area (TPSA) is 79.2 Å². The molecule has 0 fully saturated rings. The highest BCUT2D eigenvalue weighted by molar-refractivity contribution is 5.73. The number of nitrogens with one attached hydrogen (secondary N) is 2. The summed E-state index contributed by atoms with van der Waals surface area (Å²) >= 11 is 0. The second-order valence-electron chi connectivity index (χ2n) is 6.31. The Labute approximate surface area is 142 Å². The Bertz CT molecular complexity index is 626. The number of nitrogens with zero attached hydrogens (tertiary/aromatic N) is 2. The van der Waals surface area contributed by atoms with Crippen molar-refractivity contribution in [3.63, 3.8) is 0 Å². The molecule has 0 saturated carbocycles. The number of benzene rings is 1. The van der Waals surface area contributed by atoms with Crippen molar-refractivity contribution >= 4 is 6.03 Å². The first kappa shape index (κ1) is 18.0. The Balaban J connectivity index is 1.76. The smallest absolute Gasteiger partial charge is 0.315 e. The molecule has 1 aromatic carbocycles. The Kier molecular flexibility index (Phi) is 6.81. The number of aromatic nitrogens is 2. The van der Waals surface area contributed by atoms with Crippen molar-refractivity contribution in [3.05, 3.63) is 54.1 Å². The highest BCUT2D eigenvalue weighted by atomic mass is 16.3. The third-order valence-corrected chi connectivity index (χ3v) is 3.72. The van der Waals surface area contributed by atoms with E-state index in [-0.39, 0.29) is 18.1 Å². The van der Waals surface area contributed by atoms with Gasteiger partial charge in [-0.05, 0) is 30.4 Å². The summed E-state index contributed by atoms with van der Waals surface area (Å²) in [5, 5.41) is 15.0. The van der Waals surface area contributed by atoms with Gasteiger partial charge in [0.1, 0.15) is 0 Å². The number of urea groups is 1. The van der Waals surface area contributed by atoms with Crippen LogP contribution in [0.4, 0.5) is 4.79 Å². The number of carbonyl (C=O) groups is 1. The summed E-state index contributed by atoms with van der Waals surface area (Å²) in [5.74, 6) is 0.245. The summed E-state index contributed by atoms with van der Waals surface area (Å²) in [5.41, 5.74) is 2.22. The zero-order valence-corrected chi connectivity index (χ0v) is 14.3. The third kappa shape index (κ3) is 6.42. The number of hydrogen-bond donors (Lipinski definition) is 3. The lowest BCUT2D eigenvalue weighted by Crippen LogP contribution is -2.37. The van der Waals surface area contributed by atoms with E-state index in [1.807, 2.05) is 29.8 Å². The summed E-state index contributed by atoms with van der Waals surface area (Å²) in [7, 11) is 0. The van der Waals surface area contributed by atoms with Gasteiger partial charge in [-0.15, -0.1) is 0 Å². The van der Waals surface area contributed by atoms with Crippen LogP contribution in [-0.2, 0) is 13.1 Å². The average molecular weight is 330 g/mol. The minimum atomic E-state index is -0.344. The van der Waals surface area contributed by atoms with Gasteiger partial charge in [-0.2, -0.15) is 0 Å². The maximum absolute atomic E-state index is 11.9. The fourth-order valence-electron chi connectivity index (χ4n) is 2.61. The van der Waals surface area contributed by atoms with Crippen LogP contribution in [0.25, 0.3) is 0 Å². The zero-order valence-electron chi connectivity index (χ0n) is 14.3. The lowest BCUT2D eigenvalue weighted by atomic mass is 10.1. The van der Waals surface area contributed by atoms with E-state index in [9.17, 15) is 9.90 Å². The molecule has 0 aliphatic rings. The minimum absolute atomic E-state index is 0.188. The maximum Gasteiger partial charge on any atom is 0.315 e. The van der Waals surface area contributed by atoms with E-state index in [0.717, 1.165) is 12.1 Å². The maximum atomic E-state index is 11.9. The highest BCUT2D eigenvalue weighted by Crippen LogP contribution is 2.07. The predicted molar refractivity (Wildman–Crippen MR) is 93.5 cm³/mol. The van der Waals surface area contributed by atoms with Gasteiger partial charge in [0.15, 0.2) is 0 Å². The Hall–Kier alpha value is -2.34. The molecule has 2 unspecified atom stereocenters. The SMILES string of the molecule is CC(O)CC(C)CNC(=O)NCc1cccc(Cn2ccnc2)c1. The summed E-state index contributed by atoms with van der Waals surface area (Å²) in [6, 6.07) is 7.93. The molecule has 0 aliphatic carbocycles. The summed E-state index contributed by atoms with van der Waals surface area (Å²) in [6.07, 6.45) is 5.80. The molecule has 2 rings (SSSR count). The van der Waals surface area contributed by atoms with Crippen molar-refractivity contribution in [1.29, 1.82) is 0 Å². The Morgan fingerprint density at radius 2 is 2.08 bits per heavy atom. The van der Waals surface area contributed by atoms with Crippen LogP contribution >= 0.6 is 0 Å². The monoisotopic (exact) mass is 330 g/mol. The van der Waals surface area contributed by atoms with Crippen molar-refractivity contribution in [2.75, 3.05) is 6.54 Å². The first-order valence-corrected chi connectivity index (χ1v) is 8.26. The van der Waals surface area contributed by atoms with E-state index < -0.39 is 0 Å². The van der Waals surface area contributed by atoms with Crippen LogP contribution < -0.4 is 10.6 Å². The molecular formula is C18H26N4O2. The fourth-order valence-corrected chi connectivity index (χ4v) is 2.61. The van der Waals surface area contributed by atoms with Crippen LogP contribution in [0.5, 0.6) is 0 Å². The molecule has 1 aromatic heterocycles. The first-order chi connectivity index (χ1) is 11.5. The number of carbonyl (C=O) groups excluding carboxylic acids is 1. The van der Waals surface area contributed by atoms with Gasteiger partial charge < -0.3 is 20.3 Å². The summed E-state index contributed by atoms with van der Waals surface area (Å²) < 4.78 is 2.00. The first-order valence-electron chi connectivity index (χ1n) is 8.26. The molecule has 2 amide bonds. The molecule has 0 spiro atoms. The van der Waals surface area contributed by atoms with Gasteiger partial charge in [0.2, 0.25) is 0 Å². The van der Waals surface area contributed by atoms with Crippen molar-refractivity contribution in [1.82, 2.24) is 20.2 Å². The Morgan fingerprint density at radius 1 is 1.29 bits per heavy atom. The van der Waals surface area contributed by atoms with Gasteiger partial charge in [-0.25, -0.2) is 9.78 Å². The van der Waals surface area contributed by atoms with Crippen LogP contribution in [0, 0.1) is 5.92 Å². The number of rotatable bonds is 8. The molecule has 6 heteroatoms.